The molecule has 2 aliphatic rings. The number of hydrogen-bond acceptors (Lipinski definition) is 7. The molecule has 0 bridgehead atoms. The molecule has 2 aliphatic heterocycles. The van der Waals surface area contributed by atoms with Gasteiger partial charge < -0.3 is 19.4 Å². The molecule has 0 N–H and O–H groups in total. The van der Waals surface area contributed by atoms with Gasteiger partial charge in [-0.3, -0.25) is 4.79 Å². The van der Waals surface area contributed by atoms with Crippen molar-refractivity contribution in [3.63, 3.8) is 0 Å². The summed E-state index contributed by atoms with van der Waals surface area (Å²) in [4.78, 5) is 27.7. The van der Waals surface area contributed by atoms with Crippen molar-refractivity contribution >= 4 is 40.8 Å². The van der Waals surface area contributed by atoms with E-state index in [1.54, 1.807) is 13.2 Å². The molecule has 0 saturated carbocycles. The predicted octanol–water partition coefficient (Wildman–Crippen LogP) is 3.18. The van der Waals surface area contributed by atoms with Crippen LogP contribution in [0.25, 0.3) is 0 Å². The normalized spacial score (nSPS) is 16.8. The summed E-state index contributed by atoms with van der Waals surface area (Å²) in [5, 5.41) is 0.969. The zero-order chi connectivity index (χ0) is 20.9. The van der Waals surface area contributed by atoms with Crippen LogP contribution in [0.4, 0.5) is 11.5 Å². The number of rotatable bonds is 6. The fraction of sp³-hybridized carbons (Fsp3) is 0.476. The van der Waals surface area contributed by atoms with Gasteiger partial charge in [-0.2, -0.15) is 0 Å². The van der Waals surface area contributed by atoms with E-state index in [2.05, 4.69) is 31.9 Å². The Morgan fingerprint density at radius 3 is 2.37 bits per heavy atom. The minimum Gasteiger partial charge on any atom is -0.497 e. The Morgan fingerprint density at radius 1 is 1.03 bits per heavy atom. The lowest BCUT2D eigenvalue weighted by Crippen LogP contribution is -2.46. The summed E-state index contributed by atoms with van der Waals surface area (Å²) >= 11 is 7.62. The van der Waals surface area contributed by atoms with Gasteiger partial charge in [-0.1, -0.05) is 23.4 Å². The number of halogens is 1. The van der Waals surface area contributed by atoms with Gasteiger partial charge in [0.1, 0.15) is 16.7 Å². The number of hydrogen-bond donors (Lipinski definition) is 0. The van der Waals surface area contributed by atoms with Crippen molar-refractivity contribution in [1.82, 2.24) is 14.9 Å². The maximum absolute atomic E-state index is 12.3. The minimum absolute atomic E-state index is 0.149. The predicted molar refractivity (Wildman–Crippen MR) is 121 cm³/mol. The molecule has 0 atom stereocenters. The third-order valence-electron chi connectivity index (χ3n) is 5.49. The van der Waals surface area contributed by atoms with Gasteiger partial charge in [0.15, 0.2) is 5.16 Å². The van der Waals surface area contributed by atoms with Crippen LogP contribution in [-0.2, 0) is 4.79 Å². The molecule has 1 amide bonds. The van der Waals surface area contributed by atoms with Gasteiger partial charge in [-0.25, -0.2) is 9.97 Å². The first-order chi connectivity index (χ1) is 14.6. The fourth-order valence-electron chi connectivity index (χ4n) is 3.78. The Morgan fingerprint density at radius 2 is 1.70 bits per heavy atom. The van der Waals surface area contributed by atoms with Crippen LogP contribution in [0.2, 0.25) is 5.15 Å². The molecular formula is C21H26ClN5O2S. The maximum Gasteiger partial charge on any atom is 0.233 e. The van der Waals surface area contributed by atoms with Crippen molar-refractivity contribution in [2.45, 2.75) is 18.0 Å². The number of benzene rings is 1. The van der Waals surface area contributed by atoms with E-state index < -0.39 is 0 Å². The lowest BCUT2D eigenvalue weighted by molar-refractivity contribution is -0.127. The van der Waals surface area contributed by atoms with Crippen molar-refractivity contribution in [1.29, 1.82) is 0 Å². The number of likely N-dealkylation sites (tertiary alicyclic amines) is 1. The van der Waals surface area contributed by atoms with Gasteiger partial charge in [0.2, 0.25) is 5.91 Å². The summed E-state index contributed by atoms with van der Waals surface area (Å²) in [5.41, 5.74) is 1.19. The van der Waals surface area contributed by atoms with E-state index in [-0.39, 0.29) is 5.91 Å². The van der Waals surface area contributed by atoms with Crippen LogP contribution in [0.15, 0.2) is 35.5 Å². The fourth-order valence-corrected chi connectivity index (χ4v) is 4.77. The van der Waals surface area contributed by atoms with Gasteiger partial charge in [0, 0.05) is 51.0 Å². The molecule has 2 aromatic rings. The van der Waals surface area contributed by atoms with E-state index in [9.17, 15) is 4.79 Å². The number of amides is 1. The van der Waals surface area contributed by atoms with Crippen LogP contribution in [0.3, 0.4) is 0 Å². The lowest BCUT2D eigenvalue weighted by atomic mass is 10.2. The van der Waals surface area contributed by atoms with E-state index in [1.807, 2.05) is 17.0 Å². The molecule has 3 heterocycles. The quantitative estimate of drug-likeness (QED) is 0.383. The summed E-state index contributed by atoms with van der Waals surface area (Å²) in [6.45, 7) is 5.19. The van der Waals surface area contributed by atoms with Crippen LogP contribution in [0.5, 0.6) is 5.75 Å². The molecule has 1 aromatic heterocycles. The first kappa shape index (κ1) is 21.1. The van der Waals surface area contributed by atoms with E-state index >= 15 is 0 Å². The zero-order valence-electron chi connectivity index (χ0n) is 17.1. The molecule has 7 nitrogen and oxygen atoms in total. The molecule has 4 rings (SSSR count). The van der Waals surface area contributed by atoms with Gasteiger partial charge in [-0.15, -0.1) is 0 Å². The Kier molecular flexibility index (Phi) is 6.84. The summed E-state index contributed by atoms with van der Waals surface area (Å²) in [5.74, 6) is 2.18. The molecule has 0 spiro atoms. The third-order valence-corrected chi connectivity index (χ3v) is 6.51. The second kappa shape index (κ2) is 9.75. The SMILES string of the molecule is COc1ccc(N2CCN(c3cc(Cl)nc(SCC(=O)N4CCCC4)n3)CC2)cc1. The number of ether oxygens (including phenoxy) is 1. The van der Waals surface area contributed by atoms with E-state index in [4.69, 9.17) is 16.3 Å². The number of carbonyl (C=O) groups is 1. The maximum atomic E-state index is 12.3. The Labute approximate surface area is 186 Å². The largest absolute Gasteiger partial charge is 0.497 e. The van der Waals surface area contributed by atoms with Crippen LogP contribution in [-0.4, -0.2) is 72.9 Å². The number of nitrogens with zero attached hydrogens (tertiary/aromatic N) is 5. The summed E-state index contributed by atoms with van der Waals surface area (Å²) in [6, 6.07) is 9.94. The van der Waals surface area contributed by atoms with Crippen LogP contribution in [0.1, 0.15) is 12.8 Å². The smallest absolute Gasteiger partial charge is 0.233 e. The van der Waals surface area contributed by atoms with Gasteiger partial charge in [0.25, 0.3) is 0 Å². The Bertz CT molecular complexity index is 868. The second-order valence-corrected chi connectivity index (χ2v) is 8.71. The Balaban J connectivity index is 1.35. The lowest BCUT2D eigenvalue weighted by Gasteiger charge is -2.36. The molecule has 160 valence electrons. The monoisotopic (exact) mass is 447 g/mol. The number of carbonyl (C=O) groups excluding carboxylic acids is 1. The van der Waals surface area contributed by atoms with Crippen molar-refractivity contribution in [3.8, 4) is 5.75 Å². The number of thioether (sulfide) groups is 1. The van der Waals surface area contributed by atoms with Gasteiger partial charge >= 0.3 is 0 Å². The van der Waals surface area contributed by atoms with E-state index in [0.717, 1.165) is 63.7 Å². The summed E-state index contributed by atoms with van der Waals surface area (Å²) < 4.78 is 5.24. The third kappa shape index (κ3) is 5.10. The standard InChI is InChI=1S/C21H26ClN5O2S/c1-29-17-6-4-16(5-7-17)25-10-12-26(13-11-25)19-14-18(22)23-21(24-19)30-15-20(28)27-8-2-3-9-27/h4-7,14H,2-3,8-13,15H2,1H3. The molecule has 30 heavy (non-hydrogen) atoms. The van der Waals surface area contributed by atoms with Crippen molar-refractivity contribution in [2.75, 3.05) is 61.9 Å². The van der Waals surface area contributed by atoms with Gasteiger partial charge in [-0.05, 0) is 37.1 Å². The molecule has 0 unspecified atom stereocenters. The average Bonchev–Trinajstić information content (AvgIpc) is 3.32. The number of piperazine rings is 1. The highest BCUT2D eigenvalue weighted by molar-refractivity contribution is 7.99. The Hall–Kier alpha value is -2.19. The van der Waals surface area contributed by atoms with Crippen molar-refractivity contribution < 1.29 is 9.53 Å². The number of methoxy groups -OCH3 is 1. The first-order valence-corrected chi connectivity index (χ1v) is 11.6. The van der Waals surface area contributed by atoms with Crippen LogP contribution >= 0.6 is 23.4 Å². The number of aromatic nitrogens is 2. The van der Waals surface area contributed by atoms with Crippen LogP contribution in [0, 0.1) is 0 Å². The molecule has 0 radical (unpaired) electrons. The summed E-state index contributed by atoms with van der Waals surface area (Å²) in [7, 11) is 1.68. The van der Waals surface area contributed by atoms with Crippen LogP contribution < -0.4 is 14.5 Å². The number of anilines is 2. The topological polar surface area (TPSA) is 61.8 Å². The molecule has 0 aliphatic carbocycles. The molecular weight excluding hydrogens is 422 g/mol. The highest BCUT2D eigenvalue weighted by atomic mass is 35.5. The van der Waals surface area contributed by atoms with E-state index in [0.29, 0.717) is 16.1 Å². The second-order valence-electron chi connectivity index (χ2n) is 7.38. The molecule has 9 heteroatoms. The highest BCUT2D eigenvalue weighted by Gasteiger charge is 2.21. The molecule has 2 saturated heterocycles. The highest BCUT2D eigenvalue weighted by Crippen LogP contribution is 2.25. The molecule has 2 fully saturated rings. The summed E-state index contributed by atoms with van der Waals surface area (Å²) in [6.07, 6.45) is 2.19. The average molecular weight is 448 g/mol. The van der Waals surface area contributed by atoms with Crippen molar-refractivity contribution in [2.24, 2.45) is 0 Å². The first-order valence-electron chi connectivity index (χ1n) is 10.2. The van der Waals surface area contributed by atoms with Crippen molar-refractivity contribution in [3.05, 3.63) is 35.5 Å². The van der Waals surface area contributed by atoms with E-state index in [1.165, 1.54) is 17.4 Å². The molecule has 1 aromatic carbocycles. The zero-order valence-corrected chi connectivity index (χ0v) is 18.7. The minimum atomic E-state index is 0.149. The van der Waals surface area contributed by atoms with Gasteiger partial charge in [0.05, 0.1) is 12.9 Å².